The molecule has 1 N–H and O–H groups in total. The fourth-order valence-corrected chi connectivity index (χ4v) is 3.61. The molecule has 1 saturated carbocycles. The number of ether oxygens (including phenoxy) is 1. The zero-order chi connectivity index (χ0) is 13.1. The Labute approximate surface area is 123 Å². The van der Waals surface area contributed by atoms with Gasteiger partial charge in [-0.2, -0.15) is 0 Å². The van der Waals surface area contributed by atoms with Gasteiger partial charge in [-0.25, -0.2) is 4.79 Å². The first-order valence-electron chi connectivity index (χ1n) is 5.93. The molecule has 3 nitrogen and oxygen atoms in total. The third-order valence-corrected chi connectivity index (χ3v) is 4.36. The Kier molecular flexibility index (Phi) is 4.67. The molecule has 0 amide bonds. The van der Waals surface area contributed by atoms with Crippen LogP contribution in [0, 0.1) is 5.92 Å². The predicted octanol–water partition coefficient (Wildman–Crippen LogP) is 4.48. The molecule has 1 aliphatic carbocycles. The molecule has 5 heteroatoms. The van der Waals surface area contributed by atoms with E-state index in [1.807, 2.05) is 0 Å². The molecular formula is C13H14Br2O3. The highest BCUT2D eigenvalue weighted by atomic mass is 79.9. The second-order valence-corrected chi connectivity index (χ2v) is 6.24. The van der Waals surface area contributed by atoms with E-state index in [-0.39, 0.29) is 5.56 Å². The number of carboxylic acid groups (broad SMARTS) is 1. The summed E-state index contributed by atoms with van der Waals surface area (Å²) < 4.78 is 7.15. The molecule has 98 valence electrons. The van der Waals surface area contributed by atoms with Gasteiger partial charge >= 0.3 is 5.97 Å². The fourth-order valence-electron chi connectivity index (χ4n) is 2.20. The van der Waals surface area contributed by atoms with Crippen LogP contribution in [0.4, 0.5) is 0 Å². The molecule has 0 unspecified atom stereocenters. The highest BCUT2D eigenvalue weighted by molar-refractivity contribution is 9.11. The lowest BCUT2D eigenvalue weighted by atomic mass is 10.1. The van der Waals surface area contributed by atoms with Gasteiger partial charge in [-0.05, 0) is 62.8 Å². The maximum atomic E-state index is 10.9. The molecule has 0 radical (unpaired) electrons. The third kappa shape index (κ3) is 3.26. The zero-order valence-electron chi connectivity index (χ0n) is 9.79. The highest BCUT2D eigenvalue weighted by Gasteiger charge is 2.18. The molecular weight excluding hydrogens is 364 g/mol. The summed E-state index contributed by atoms with van der Waals surface area (Å²) in [7, 11) is 0. The van der Waals surface area contributed by atoms with Gasteiger partial charge in [0.2, 0.25) is 0 Å². The number of hydrogen-bond acceptors (Lipinski definition) is 2. The van der Waals surface area contributed by atoms with Crippen LogP contribution in [-0.4, -0.2) is 17.7 Å². The minimum atomic E-state index is -0.946. The van der Waals surface area contributed by atoms with E-state index < -0.39 is 5.97 Å². The van der Waals surface area contributed by atoms with Crippen molar-refractivity contribution in [1.82, 2.24) is 0 Å². The monoisotopic (exact) mass is 376 g/mol. The van der Waals surface area contributed by atoms with Crippen molar-refractivity contribution in [2.45, 2.75) is 25.7 Å². The van der Waals surface area contributed by atoms with E-state index >= 15 is 0 Å². The SMILES string of the molecule is O=C(O)c1cc(Br)c(OCC2CCCC2)c(Br)c1. The number of halogens is 2. The van der Waals surface area contributed by atoms with Gasteiger partial charge in [0.05, 0.1) is 21.1 Å². The van der Waals surface area contributed by atoms with Gasteiger partial charge < -0.3 is 9.84 Å². The topological polar surface area (TPSA) is 46.5 Å². The van der Waals surface area contributed by atoms with Crippen LogP contribution in [0.2, 0.25) is 0 Å². The average molecular weight is 378 g/mol. The van der Waals surface area contributed by atoms with Gasteiger partial charge in [0, 0.05) is 0 Å². The number of hydrogen-bond donors (Lipinski definition) is 1. The summed E-state index contributed by atoms with van der Waals surface area (Å²) in [5.74, 6) is 0.369. The Bertz CT molecular complexity index is 431. The standard InChI is InChI=1S/C13H14Br2O3/c14-10-5-9(13(16)17)6-11(15)12(10)18-7-8-3-1-2-4-8/h5-6,8H,1-4,7H2,(H,16,17). The third-order valence-electron chi connectivity index (χ3n) is 3.18. The van der Waals surface area contributed by atoms with Crippen molar-refractivity contribution in [3.8, 4) is 5.75 Å². The second kappa shape index (κ2) is 6.06. The average Bonchev–Trinajstić information content (AvgIpc) is 2.80. The molecule has 1 aromatic carbocycles. The van der Waals surface area contributed by atoms with Gasteiger partial charge in [-0.3, -0.25) is 0 Å². The second-order valence-electron chi connectivity index (χ2n) is 4.54. The van der Waals surface area contributed by atoms with Crippen LogP contribution in [0.5, 0.6) is 5.75 Å². The smallest absolute Gasteiger partial charge is 0.335 e. The van der Waals surface area contributed by atoms with Crippen molar-refractivity contribution in [1.29, 1.82) is 0 Å². The minimum absolute atomic E-state index is 0.238. The van der Waals surface area contributed by atoms with E-state index in [1.54, 1.807) is 12.1 Å². The summed E-state index contributed by atoms with van der Waals surface area (Å²) in [5.41, 5.74) is 0.238. The van der Waals surface area contributed by atoms with Crippen LogP contribution < -0.4 is 4.74 Å². The number of rotatable bonds is 4. The molecule has 18 heavy (non-hydrogen) atoms. The first kappa shape index (κ1) is 13.9. The molecule has 0 aromatic heterocycles. The number of benzene rings is 1. The van der Waals surface area contributed by atoms with Crippen LogP contribution in [0.3, 0.4) is 0 Å². The van der Waals surface area contributed by atoms with Gasteiger partial charge in [0.1, 0.15) is 5.75 Å². The first-order valence-corrected chi connectivity index (χ1v) is 7.51. The van der Waals surface area contributed by atoms with Gasteiger partial charge in [0.25, 0.3) is 0 Å². The molecule has 0 heterocycles. The van der Waals surface area contributed by atoms with Crippen molar-refractivity contribution >= 4 is 37.8 Å². The minimum Gasteiger partial charge on any atom is -0.491 e. The van der Waals surface area contributed by atoms with E-state index in [0.29, 0.717) is 27.2 Å². The van der Waals surface area contributed by atoms with Gasteiger partial charge in [0.15, 0.2) is 0 Å². The maximum absolute atomic E-state index is 10.9. The lowest BCUT2D eigenvalue weighted by Crippen LogP contribution is -2.09. The Balaban J connectivity index is 2.10. The molecule has 0 bridgehead atoms. The Hall–Kier alpha value is -0.550. The Morgan fingerprint density at radius 3 is 2.33 bits per heavy atom. The van der Waals surface area contributed by atoms with Crippen LogP contribution >= 0.6 is 31.9 Å². The van der Waals surface area contributed by atoms with Crippen molar-refractivity contribution in [3.05, 3.63) is 26.6 Å². The van der Waals surface area contributed by atoms with E-state index in [9.17, 15) is 4.79 Å². The largest absolute Gasteiger partial charge is 0.491 e. The molecule has 2 rings (SSSR count). The molecule has 0 atom stereocenters. The summed E-state index contributed by atoms with van der Waals surface area (Å²) in [6.07, 6.45) is 5.02. The van der Waals surface area contributed by atoms with Crippen LogP contribution in [0.15, 0.2) is 21.1 Å². The lowest BCUT2D eigenvalue weighted by Gasteiger charge is -2.14. The van der Waals surface area contributed by atoms with E-state index in [1.165, 1.54) is 25.7 Å². The van der Waals surface area contributed by atoms with E-state index in [0.717, 1.165) is 0 Å². The van der Waals surface area contributed by atoms with Crippen LogP contribution in [0.1, 0.15) is 36.0 Å². The van der Waals surface area contributed by atoms with Crippen LogP contribution in [-0.2, 0) is 0 Å². The van der Waals surface area contributed by atoms with E-state index in [2.05, 4.69) is 31.9 Å². The summed E-state index contributed by atoms with van der Waals surface area (Å²) >= 11 is 6.72. The number of carbonyl (C=O) groups is 1. The summed E-state index contributed by atoms with van der Waals surface area (Å²) in [6, 6.07) is 3.13. The summed E-state index contributed by atoms with van der Waals surface area (Å²) in [6.45, 7) is 0.698. The van der Waals surface area contributed by atoms with Gasteiger partial charge in [-0.1, -0.05) is 12.8 Å². The predicted molar refractivity (Wildman–Crippen MR) is 76.3 cm³/mol. The molecule has 1 aromatic rings. The quantitative estimate of drug-likeness (QED) is 0.841. The molecule has 0 aliphatic heterocycles. The Morgan fingerprint density at radius 2 is 1.83 bits per heavy atom. The van der Waals surface area contributed by atoms with Crippen LogP contribution in [0.25, 0.3) is 0 Å². The van der Waals surface area contributed by atoms with Crippen molar-refractivity contribution in [3.63, 3.8) is 0 Å². The molecule has 1 aliphatic rings. The normalized spacial score (nSPS) is 15.9. The van der Waals surface area contributed by atoms with Crippen molar-refractivity contribution < 1.29 is 14.6 Å². The lowest BCUT2D eigenvalue weighted by molar-refractivity contribution is 0.0696. The number of carboxylic acids is 1. The van der Waals surface area contributed by atoms with Crippen molar-refractivity contribution in [2.75, 3.05) is 6.61 Å². The molecule has 0 spiro atoms. The van der Waals surface area contributed by atoms with Gasteiger partial charge in [-0.15, -0.1) is 0 Å². The zero-order valence-corrected chi connectivity index (χ0v) is 13.0. The maximum Gasteiger partial charge on any atom is 0.335 e. The van der Waals surface area contributed by atoms with Crippen molar-refractivity contribution in [2.24, 2.45) is 5.92 Å². The summed E-state index contributed by atoms with van der Waals surface area (Å²) in [4.78, 5) is 10.9. The first-order chi connectivity index (χ1) is 8.58. The highest BCUT2D eigenvalue weighted by Crippen LogP contribution is 2.36. The number of aromatic carboxylic acids is 1. The Morgan fingerprint density at radius 1 is 1.28 bits per heavy atom. The summed E-state index contributed by atoms with van der Waals surface area (Å²) in [5, 5.41) is 8.94. The fraction of sp³-hybridized carbons (Fsp3) is 0.462. The molecule has 1 fully saturated rings. The molecule has 0 saturated heterocycles. The van der Waals surface area contributed by atoms with E-state index in [4.69, 9.17) is 9.84 Å².